The molecule has 1 N–H and O–H groups in total. The number of ether oxygens (including phenoxy) is 1. The molecule has 2 fully saturated rings. The summed E-state index contributed by atoms with van der Waals surface area (Å²) >= 11 is 0. The Hall–Kier alpha value is -0.590. The van der Waals surface area contributed by atoms with Crippen LogP contribution in [-0.4, -0.2) is 22.9 Å². The molecular weight excluding hydrogens is 238 g/mol. The second kappa shape index (κ2) is 4.75. The van der Waals surface area contributed by atoms with Crippen molar-refractivity contribution in [3.63, 3.8) is 0 Å². The molecule has 1 aliphatic heterocycles. The van der Waals surface area contributed by atoms with Crippen LogP contribution in [0.15, 0.2) is 0 Å². The molecule has 0 aromatic rings. The van der Waals surface area contributed by atoms with Crippen LogP contribution < -0.4 is 0 Å². The van der Waals surface area contributed by atoms with Crippen LogP contribution in [0, 0.1) is 22.2 Å². The first kappa shape index (κ1) is 14.8. The second-order valence-corrected chi connectivity index (χ2v) is 7.56. The van der Waals surface area contributed by atoms with Crippen LogP contribution in [-0.2, 0) is 4.74 Å². The predicted octanol–water partition coefficient (Wildman–Crippen LogP) is 3.42. The summed E-state index contributed by atoms with van der Waals surface area (Å²) in [7, 11) is 0. The number of nitrogens with zero attached hydrogens (tertiary/aromatic N) is 1. The molecule has 1 aliphatic carbocycles. The first-order valence-electron chi connectivity index (χ1n) is 7.51. The molecular formula is C16H27NO2. The van der Waals surface area contributed by atoms with Crippen molar-refractivity contribution in [2.75, 3.05) is 0 Å². The van der Waals surface area contributed by atoms with Crippen LogP contribution in [0.4, 0.5) is 0 Å². The van der Waals surface area contributed by atoms with Gasteiger partial charge in [-0.15, -0.1) is 0 Å². The highest BCUT2D eigenvalue weighted by atomic mass is 16.5. The van der Waals surface area contributed by atoms with Crippen molar-refractivity contribution in [1.29, 1.82) is 5.26 Å². The minimum absolute atomic E-state index is 0.0360. The summed E-state index contributed by atoms with van der Waals surface area (Å²) in [6.45, 7) is 8.51. The van der Waals surface area contributed by atoms with E-state index in [9.17, 15) is 10.4 Å². The minimum Gasteiger partial charge on any atom is -0.388 e. The van der Waals surface area contributed by atoms with Gasteiger partial charge in [0.15, 0.2) is 0 Å². The molecule has 0 bridgehead atoms. The molecule has 19 heavy (non-hydrogen) atoms. The molecule has 0 aromatic heterocycles. The van der Waals surface area contributed by atoms with E-state index in [1.54, 1.807) is 0 Å². The van der Waals surface area contributed by atoms with Crippen molar-refractivity contribution >= 4 is 0 Å². The summed E-state index contributed by atoms with van der Waals surface area (Å²) in [5.41, 5.74) is -1.15. The molecule has 3 heteroatoms. The predicted molar refractivity (Wildman–Crippen MR) is 74.5 cm³/mol. The van der Waals surface area contributed by atoms with E-state index >= 15 is 0 Å². The monoisotopic (exact) mass is 265 g/mol. The van der Waals surface area contributed by atoms with Gasteiger partial charge in [-0.1, -0.05) is 13.8 Å². The Balaban J connectivity index is 2.24. The van der Waals surface area contributed by atoms with Crippen molar-refractivity contribution in [3.8, 4) is 6.07 Å². The van der Waals surface area contributed by atoms with Gasteiger partial charge in [-0.3, -0.25) is 0 Å². The van der Waals surface area contributed by atoms with Gasteiger partial charge in [0.25, 0.3) is 0 Å². The van der Waals surface area contributed by atoms with Crippen LogP contribution >= 0.6 is 0 Å². The van der Waals surface area contributed by atoms with E-state index in [0.29, 0.717) is 18.3 Å². The Morgan fingerprint density at radius 2 is 1.53 bits per heavy atom. The molecule has 1 saturated heterocycles. The van der Waals surface area contributed by atoms with Crippen molar-refractivity contribution in [1.82, 2.24) is 0 Å². The number of hydrogen-bond donors (Lipinski definition) is 1. The summed E-state index contributed by atoms with van der Waals surface area (Å²) in [6, 6.07) is 2.50. The molecule has 3 nitrogen and oxygen atoms in total. The summed E-state index contributed by atoms with van der Waals surface area (Å²) in [6.07, 6.45) is 4.91. The lowest BCUT2D eigenvalue weighted by Crippen LogP contribution is -2.56. The molecule has 0 aromatic carbocycles. The maximum Gasteiger partial charge on any atom is 0.0882 e. The van der Waals surface area contributed by atoms with E-state index in [4.69, 9.17) is 4.74 Å². The summed E-state index contributed by atoms with van der Waals surface area (Å²) in [4.78, 5) is 0. The van der Waals surface area contributed by atoms with Crippen LogP contribution in [0.25, 0.3) is 0 Å². The van der Waals surface area contributed by atoms with Gasteiger partial charge in [0.05, 0.1) is 29.3 Å². The average Bonchev–Trinajstić information content (AvgIpc) is 2.27. The average molecular weight is 265 g/mol. The zero-order valence-electron chi connectivity index (χ0n) is 12.7. The molecule has 2 atom stereocenters. The van der Waals surface area contributed by atoms with Gasteiger partial charge >= 0.3 is 0 Å². The quantitative estimate of drug-likeness (QED) is 0.790. The van der Waals surface area contributed by atoms with E-state index in [1.165, 1.54) is 0 Å². The fraction of sp³-hybridized carbons (Fsp3) is 0.938. The van der Waals surface area contributed by atoms with Gasteiger partial charge in [-0.2, -0.15) is 5.26 Å². The molecule has 1 saturated carbocycles. The SMILES string of the molecule is CC1CC(O)(C2(C#N)CCC(C)(C)CC2)CC(C)O1. The molecule has 2 unspecified atom stereocenters. The summed E-state index contributed by atoms with van der Waals surface area (Å²) < 4.78 is 5.73. The van der Waals surface area contributed by atoms with Crippen molar-refractivity contribution in [2.45, 2.75) is 84.0 Å². The van der Waals surface area contributed by atoms with Crippen molar-refractivity contribution in [3.05, 3.63) is 0 Å². The highest BCUT2D eigenvalue weighted by Crippen LogP contribution is 2.54. The molecule has 2 rings (SSSR count). The van der Waals surface area contributed by atoms with E-state index in [1.807, 2.05) is 13.8 Å². The Morgan fingerprint density at radius 1 is 1.05 bits per heavy atom. The Bertz CT molecular complexity index is 363. The summed E-state index contributed by atoms with van der Waals surface area (Å²) in [5.74, 6) is 0. The van der Waals surface area contributed by atoms with Gasteiger partial charge in [0.2, 0.25) is 0 Å². The van der Waals surface area contributed by atoms with Gasteiger partial charge in [-0.25, -0.2) is 0 Å². The smallest absolute Gasteiger partial charge is 0.0882 e. The molecule has 0 radical (unpaired) electrons. The van der Waals surface area contributed by atoms with Crippen LogP contribution in [0.2, 0.25) is 0 Å². The van der Waals surface area contributed by atoms with Crippen molar-refractivity contribution < 1.29 is 9.84 Å². The second-order valence-electron chi connectivity index (χ2n) is 7.56. The van der Waals surface area contributed by atoms with Gasteiger partial charge in [0.1, 0.15) is 0 Å². The molecule has 108 valence electrons. The molecule has 2 aliphatic rings. The molecule has 0 amide bonds. The Morgan fingerprint density at radius 3 is 1.95 bits per heavy atom. The highest BCUT2D eigenvalue weighted by Gasteiger charge is 2.55. The first-order valence-corrected chi connectivity index (χ1v) is 7.51. The maximum atomic E-state index is 11.2. The topological polar surface area (TPSA) is 53.2 Å². The maximum absolute atomic E-state index is 11.2. The molecule has 0 spiro atoms. The van der Waals surface area contributed by atoms with Gasteiger partial charge in [-0.05, 0) is 44.9 Å². The van der Waals surface area contributed by atoms with Gasteiger partial charge in [0, 0.05) is 12.8 Å². The standard InChI is InChI=1S/C16H27NO2/c1-12-9-16(18,10-13(2)19-12)15(11-17)7-5-14(3,4)6-8-15/h12-13,18H,5-10H2,1-4H3. The van der Waals surface area contributed by atoms with E-state index in [0.717, 1.165) is 25.7 Å². The third-order valence-corrected chi connectivity index (χ3v) is 5.28. The third kappa shape index (κ3) is 2.66. The number of hydrogen-bond acceptors (Lipinski definition) is 3. The summed E-state index contributed by atoms with van der Waals surface area (Å²) in [5, 5.41) is 20.9. The lowest BCUT2D eigenvalue weighted by molar-refractivity contribution is -0.183. The minimum atomic E-state index is -0.880. The van der Waals surface area contributed by atoms with E-state index in [2.05, 4.69) is 19.9 Å². The Labute approximate surface area is 117 Å². The Kier molecular flexibility index (Phi) is 3.70. The van der Waals surface area contributed by atoms with E-state index in [-0.39, 0.29) is 12.2 Å². The number of aliphatic hydroxyl groups is 1. The van der Waals surface area contributed by atoms with E-state index < -0.39 is 11.0 Å². The highest BCUT2D eigenvalue weighted by molar-refractivity contribution is 5.15. The fourth-order valence-electron chi connectivity index (χ4n) is 3.95. The number of nitriles is 1. The normalized spacial score (nSPS) is 41.5. The zero-order valence-corrected chi connectivity index (χ0v) is 12.7. The first-order chi connectivity index (χ1) is 8.72. The van der Waals surface area contributed by atoms with Crippen molar-refractivity contribution in [2.24, 2.45) is 10.8 Å². The van der Waals surface area contributed by atoms with Crippen LogP contribution in [0.3, 0.4) is 0 Å². The van der Waals surface area contributed by atoms with Gasteiger partial charge < -0.3 is 9.84 Å². The lowest BCUT2D eigenvalue weighted by atomic mass is 9.56. The lowest BCUT2D eigenvalue weighted by Gasteiger charge is -2.52. The third-order valence-electron chi connectivity index (χ3n) is 5.28. The van der Waals surface area contributed by atoms with Crippen LogP contribution in [0.5, 0.6) is 0 Å². The molecule has 1 heterocycles. The fourth-order valence-corrected chi connectivity index (χ4v) is 3.95. The van der Waals surface area contributed by atoms with Crippen LogP contribution in [0.1, 0.15) is 66.2 Å². The zero-order chi connectivity index (χ0) is 14.3. The number of rotatable bonds is 1. The largest absolute Gasteiger partial charge is 0.388 e.